The van der Waals surface area contributed by atoms with Crippen molar-refractivity contribution in [2.24, 2.45) is 5.73 Å². The lowest BCUT2D eigenvalue weighted by Gasteiger charge is -2.24. The monoisotopic (exact) mass is 851 g/mol. The van der Waals surface area contributed by atoms with E-state index < -0.39 is 38.6 Å². The Morgan fingerprint density at radius 1 is 0.593 bits per heavy atom. The Labute approximate surface area is 362 Å². The Morgan fingerprint density at radius 3 is 1.54 bits per heavy atom. The van der Waals surface area contributed by atoms with E-state index >= 15 is 0 Å². The summed E-state index contributed by atoms with van der Waals surface area (Å²) in [4.78, 5) is 22.8. The zero-order chi connectivity index (χ0) is 43.3. The second-order valence-electron chi connectivity index (χ2n) is 16.2. The van der Waals surface area contributed by atoms with Gasteiger partial charge >= 0.3 is 7.82 Å². The van der Waals surface area contributed by atoms with Gasteiger partial charge in [0.05, 0.1) is 37.9 Å². The minimum absolute atomic E-state index is 0.0394. The van der Waals surface area contributed by atoms with Gasteiger partial charge in [-0.05, 0) is 70.6 Å². The van der Waals surface area contributed by atoms with Crippen molar-refractivity contribution in [2.75, 3.05) is 19.8 Å². The molecule has 0 radical (unpaired) electrons. The zero-order valence-corrected chi connectivity index (χ0v) is 38.7. The zero-order valence-electron chi connectivity index (χ0n) is 37.8. The smallest absolute Gasteiger partial charge is 0.393 e. The van der Waals surface area contributed by atoms with Gasteiger partial charge < -0.3 is 26.2 Å². The Bertz CT molecular complexity index is 1130. The van der Waals surface area contributed by atoms with Gasteiger partial charge in [0.15, 0.2) is 0 Å². The molecule has 59 heavy (non-hydrogen) atoms. The summed E-state index contributed by atoms with van der Waals surface area (Å²) in [6, 6.07) is -1.01. The van der Waals surface area contributed by atoms with Crippen LogP contribution in [0.2, 0.25) is 0 Å². The van der Waals surface area contributed by atoms with E-state index in [1.165, 1.54) is 122 Å². The van der Waals surface area contributed by atoms with Crippen LogP contribution in [-0.2, 0) is 18.4 Å². The summed E-state index contributed by atoms with van der Waals surface area (Å²) in [5, 5.41) is 24.1. The van der Waals surface area contributed by atoms with Crippen LogP contribution >= 0.6 is 7.82 Å². The van der Waals surface area contributed by atoms with E-state index in [0.717, 1.165) is 51.4 Å². The van der Waals surface area contributed by atoms with Crippen molar-refractivity contribution < 1.29 is 33.5 Å². The lowest BCUT2D eigenvalue weighted by atomic mass is 10.0. The van der Waals surface area contributed by atoms with Crippen LogP contribution < -0.4 is 11.1 Å². The van der Waals surface area contributed by atoms with Crippen molar-refractivity contribution in [3.05, 3.63) is 60.8 Å². The molecule has 0 aliphatic rings. The second-order valence-corrected chi connectivity index (χ2v) is 17.6. The van der Waals surface area contributed by atoms with Crippen molar-refractivity contribution >= 4 is 13.7 Å². The molecule has 0 aromatic carbocycles. The van der Waals surface area contributed by atoms with Gasteiger partial charge in [-0.1, -0.05) is 190 Å². The van der Waals surface area contributed by atoms with Crippen LogP contribution in [0.25, 0.3) is 0 Å². The van der Waals surface area contributed by atoms with E-state index in [-0.39, 0.29) is 19.6 Å². The number of carbonyl (C=O) groups excluding carboxylic acids is 1. The van der Waals surface area contributed by atoms with Gasteiger partial charge in [0, 0.05) is 6.54 Å². The number of nitrogens with two attached hydrogens (primary N) is 1. The van der Waals surface area contributed by atoms with E-state index in [4.69, 9.17) is 14.8 Å². The highest BCUT2D eigenvalue weighted by molar-refractivity contribution is 7.47. The van der Waals surface area contributed by atoms with E-state index in [0.29, 0.717) is 12.8 Å². The van der Waals surface area contributed by atoms with Crippen LogP contribution in [0.1, 0.15) is 206 Å². The number of phosphoric ester groups is 1. The SMILES string of the molecule is CCCCC/C=C\C=C/CCCCCCCCCCC(O)CC(=O)NC(COP(=O)(O)OCCN)C(O)/C=C/CC/C=C/CC/C=C/CCCCCCCCCCCC. The van der Waals surface area contributed by atoms with Crippen molar-refractivity contribution in [2.45, 2.75) is 225 Å². The third-order valence-electron chi connectivity index (χ3n) is 10.4. The number of hydrogen-bond donors (Lipinski definition) is 5. The molecule has 9 nitrogen and oxygen atoms in total. The molecule has 0 aromatic rings. The number of unbranched alkanes of at least 4 members (excludes halogenated alkanes) is 23. The highest BCUT2D eigenvalue weighted by atomic mass is 31.2. The van der Waals surface area contributed by atoms with Gasteiger partial charge in [0.25, 0.3) is 0 Å². The van der Waals surface area contributed by atoms with Gasteiger partial charge in [-0.3, -0.25) is 13.8 Å². The summed E-state index contributed by atoms with van der Waals surface area (Å²) in [5.41, 5.74) is 5.37. The van der Waals surface area contributed by atoms with Crippen LogP contribution in [0.4, 0.5) is 0 Å². The lowest BCUT2D eigenvalue weighted by Crippen LogP contribution is -2.46. The van der Waals surface area contributed by atoms with Crippen LogP contribution in [0.5, 0.6) is 0 Å². The molecular formula is C49H91N2O7P. The fourth-order valence-electron chi connectivity index (χ4n) is 6.73. The third kappa shape index (κ3) is 42.6. The Hall–Kier alpha value is -1.84. The number of amides is 1. The minimum atomic E-state index is -4.42. The standard InChI is InChI=1S/C49H91N2O7P/c1-3-5-7-9-11-13-15-17-19-21-22-23-25-27-29-31-33-35-37-39-41-48(53)47(45-58-59(55,56)57-43-42-50)51-49(54)44-46(52)40-38-36-34-32-30-28-26-24-20-18-16-14-12-10-8-6-4-2/h12,14,16,18,23,25,31,33,39,41,46-48,52-53H,3-11,13,15,17,19-22,24,26-30,32,34-38,40,42-45,50H2,1-2H3,(H,51,54)(H,55,56)/b14-12-,18-16-,25-23+,33-31+,41-39+. The summed E-state index contributed by atoms with van der Waals surface area (Å²) >= 11 is 0. The Balaban J connectivity index is 4.35. The van der Waals surface area contributed by atoms with E-state index in [2.05, 4.69) is 67.8 Å². The van der Waals surface area contributed by atoms with Crippen LogP contribution in [0, 0.1) is 0 Å². The van der Waals surface area contributed by atoms with Gasteiger partial charge in [-0.25, -0.2) is 4.57 Å². The molecular weight excluding hydrogens is 760 g/mol. The average Bonchev–Trinajstić information content (AvgIpc) is 3.21. The number of hydrogen-bond acceptors (Lipinski definition) is 7. The number of phosphoric acid groups is 1. The molecule has 0 fully saturated rings. The highest BCUT2D eigenvalue weighted by Crippen LogP contribution is 2.43. The fraction of sp³-hybridized carbons (Fsp3) is 0.776. The molecule has 10 heteroatoms. The molecule has 0 spiro atoms. The first-order valence-electron chi connectivity index (χ1n) is 24.0. The number of rotatable bonds is 44. The third-order valence-corrected chi connectivity index (χ3v) is 11.4. The molecule has 0 rings (SSSR count). The number of aliphatic hydroxyl groups excluding tert-OH is 2. The predicted molar refractivity (Wildman–Crippen MR) is 250 cm³/mol. The summed E-state index contributed by atoms with van der Waals surface area (Å²) in [6.45, 7) is 3.91. The molecule has 0 aliphatic carbocycles. The van der Waals surface area contributed by atoms with Crippen molar-refractivity contribution in [3.63, 3.8) is 0 Å². The van der Waals surface area contributed by atoms with Crippen LogP contribution in [0.15, 0.2) is 60.8 Å². The Morgan fingerprint density at radius 2 is 1.02 bits per heavy atom. The summed E-state index contributed by atoms with van der Waals surface area (Å²) in [6.07, 6.45) is 53.1. The van der Waals surface area contributed by atoms with E-state index in [1.807, 2.05) is 6.08 Å². The summed E-state index contributed by atoms with van der Waals surface area (Å²) in [7, 11) is -4.42. The summed E-state index contributed by atoms with van der Waals surface area (Å²) < 4.78 is 22.1. The predicted octanol–water partition coefficient (Wildman–Crippen LogP) is 12.8. The molecule has 0 saturated carbocycles. The van der Waals surface area contributed by atoms with Gasteiger partial charge in [0.1, 0.15) is 0 Å². The fourth-order valence-corrected chi connectivity index (χ4v) is 7.49. The first-order valence-corrected chi connectivity index (χ1v) is 25.5. The maximum Gasteiger partial charge on any atom is 0.472 e. The summed E-state index contributed by atoms with van der Waals surface area (Å²) in [5.74, 6) is -0.465. The molecule has 0 saturated heterocycles. The van der Waals surface area contributed by atoms with Crippen molar-refractivity contribution in [1.82, 2.24) is 5.32 Å². The average molecular weight is 851 g/mol. The van der Waals surface area contributed by atoms with Crippen molar-refractivity contribution in [1.29, 1.82) is 0 Å². The minimum Gasteiger partial charge on any atom is -0.393 e. The second kappa shape index (κ2) is 44.2. The molecule has 0 aromatic heterocycles. The molecule has 344 valence electrons. The number of carbonyl (C=O) groups is 1. The molecule has 0 aliphatic heterocycles. The topological polar surface area (TPSA) is 151 Å². The normalized spacial score (nSPS) is 15.0. The molecule has 6 N–H and O–H groups in total. The maximum atomic E-state index is 12.8. The number of nitrogens with one attached hydrogen (secondary N) is 1. The first-order chi connectivity index (χ1) is 28.8. The molecule has 0 bridgehead atoms. The number of allylic oxidation sites excluding steroid dienone is 9. The van der Waals surface area contributed by atoms with E-state index in [1.54, 1.807) is 6.08 Å². The van der Waals surface area contributed by atoms with Crippen molar-refractivity contribution in [3.8, 4) is 0 Å². The van der Waals surface area contributed by atoms with Gasteiger partial charge in [0.2, 0.25) is 5.91 Å². The van der Waals surface area contributed by atoms with Gasteiger partial charge in [-0.15, -0.1) is 0 Å². The largest absolute Gasteiger partial charge is 0.472 e. The first kappa shape index (κ1) is 57.2. The van der Waals surface area contributed by atoms with Crippen LogP contribution in [0.3, 0.4) is 0 Å². The maximum absolute atomic E-state index is 12.8. The molecule has 4 unspecified atom stereocenters. The highest BCUT2D eigenvalue weighted by Gasteiger charge is 2.27. The molecule has 4 atom stereocenters. The van der Waals surface area contributed by atoms with E-state index in [9.17, 15) is 24.5 Å². The molecule has 0 heterocycles. The quantitative estimate of drug-likeness (QED) is 0.0176. The lowest BCUT2D eigenvalue weighted by molar-refractivity contribution is -0.124. The Kier molecular flexibility index (Phi) is 42.8. The van der Waals surface area contributed by atoms with Gasteiger partial charge in [-0.2, -0.15) is 0 Å². The number of aliphatic hydroxyl groups is 2. The van der Waals surface area contributed by atoms with Crippen LogP contribution in [-0.4, -0.2) is 59.0 Å². The molecule has 1 amide bonds.